The van der Waals surface area contributed by atoms with Crippen molar-refractivity contribution in [2.24, 2.45) is 0 Å². The first-order valence-corrected chi connectivity index (χ1v) is 7.90. The molecule has 1 atom stereocenters. The van der Waals surface area contributed by atoms with Gasteiger partial charge in [-0.3, -0.25) is 9.59 Å². The number of carbonyl (C=O) groups excluding carboxylic acids is 2. The highest BCUT2D eigenvalue weighted by Crippen LogP contribution is 2.29. The third-order valence-electron chi connectivity index (χ3n) is 4.02. The predicted molar refractivity (Wildman–Crippen MR) is 90.6 cm³/mol. The Morgan fingerprint density at radius 3 is 2.40 bits per heavy atom. The Morgan fingerprint density at radius 1 is 1.04 bits per heavy atom. The van der Waals surface area contributed by atoms with Crippen LogP contribution >= 0.6 is 0 Å². The van der Waals surface area contributed by atoms with Gasteiger partial charge in [-0.2, -0.15) is 0 Å². The van der Waals surface area contributed by atoms with Crippen molar-refractivity contribution >= 4 is 23.3 Å². The zero-order valence-electron chi connectivity index (χ0n) is 13.4. The molecule has 0 saturated carbocycles. The van der Waals surface area contributed by atoms with Gasteiger partial charge in [0.05, 0.1) is 13.0 Å². The summed E-state index contributed by atoms with van der Waals surface area (Å²) in [6.07, 6.45) is -0.273. The van der Waals surface area contributed by atoms with E-state index in [4.69, 9.17) is 9.84 Å². The molecular formula is C19H17NO5. The highest BCUT2D eigenvalue weighted by atomic mass is 16.5. The first-order valence-electron chi connectivity index (χ1n) is 7.90. The van der Waals surface area contributed by atoms with E-state index in [-0.39, 0.29) is 12.6 Å². The number of para-hydroxylation sites is 2. The van der Waals surface area contributed by atoms with Gasteiger partial charge >= 0.3 is 5.97 Å². The Bertz CT molecular complexity index is 777. The fraction of sp³-hybridized carbons (Fsp3) is 0.211. The molecule has 1 heterocycles. The van der Waals surface area contributed by atoms with E-state index in [1.54, 1.807) is 24.3 Å². The Labute approximate surface area is 144 Å². The van der Waals surface area contributed by atoms with Crippen molar-refractivity contribution in [1.29, 1.82) is 0 Å². The number of nitrogens with zero attached hydrogens (tertiary/aromatic N) is 1. The first-order chi connectivity index (χ1) is 12.0. The number of carboxylic acid groups (broad SMARTS) is 1. The van der Waals surface area contributed by atoms with E-state index in [0.29, 0.717) is 12.1 Å². The number of aliphatic carboxylic acids is 1. The predicted octanol–water partition coefficient (Wildman–Crippen LogP) is 2.07. The summed E-state index contributed by atoms with van der Waals surface area (Å²) in [5.41, 5.74) is 1.67. The number of fused-ring (bicyclic) bond motifs is 1. The Kier molecular flexibility index (Phi) is 4.79. The van der Waals surface area contributed by atoms with Crippen molar-refractivity contribution in [2.75, 3.05) is 11.4 Å². The minimum Gasteiger partial charge on any atom is -0.488 e. The molecule has 0 saturated heterocycles. The smallest absolute Gasteiger partial charge is 0.372 e. The lowest BCUT2D eigenvalue weighted by Gasteiger charge is -2.25. The molecule has 3 rings (SSSR count). The normalized spacial score (nSPS) is 15.1. The maximum atomic E-state index is 12.5. The van der Waals surface area contributed by atoms with Gasteiger partial charge in [-0.05, 0) is 23.8 Å². The molecule has 128 valence electrons. The fourth-order valence-corrected chi connectivity index (χ4v) is 2.83. The van der Waals surface area contributed by atoms with Gasteiger partial charge in [0.1, 0.15) is 11.9 Å². The van der Waals surface area contributed by atoms with Crippen molar-refractivity contribution in [2.45, 2.75) is 18.9 Å². The molecule has 0 bridgehead atoms. The van der Waals surface area contributed by atoms with Crippen LogP contribution < -0.4 is 9.64 Å². The second kappa shape index (κ2) is 7.17. The second-order valence-electron chi connectivity index (χ2n) is 5.80. The van der Waals surface area contributed by atoms with Crippen LogP contribution in [-0.2, 0) is 20.8 Å². The summed E-state index contributed by atoms with van der Waals surface area (Å²) in [7, 11) is 0. The van der Waals surface area contributed by atoms with E-state index in [1.165, 1.54) is 4.90 Å². The molecule has 0 aromatic heterocycles. The summed E-state index contributed by atoms with van der Waals surface area (Å²) < 4.78 is 5.87. The van der Waals surface area contributed by atoms with Crippen molar-refractivity contribution in [3.63, 3.8) is 0 Å². The molecule has 1 aliphatic rings. The van der Waals surface area contributed by atoms with Gasteiger partial charge in [-0.25, -0.2) is 4.79 Å². The number of Topliss-reactive ketones (excluding diaryl/α,β-unsaturated/α-hetero) is 1. The lowest BCUT2D eigenvalue weighted by molar-refractivity contribution is -0.150. The number of ether oxygens (including phenoxy) is 1. The summed E-state index contributed by atoms with van der Waals surface area (Å²) in [6, 6.07) is 16.5. The number of hydrogen-bond acceptors (Lipinski definition) is 4. The highest BCUT2D eigenvalue weighted by molar-refractivity contribution is 6.36. The number of benzene rings is 2. The molecule has 0 fully saturated rings. The second-order valence-corrected chi connectivity index (χ2v) is 5.80. The van der Waals surface area contributed by atoms with E-state index in [2.05, 4.69) is 0 Å². The maximum Gasteiger partial charge on any atom is 0.372 e. The number of ketones is 1. The molecule has 1 aliphatic heterocycles. The van der Waals surface area contributed by atoms with Gasteiger partial charge in [-0.1, -0.05) is 36.4 Å². The number of rotatable bonds is 6. The molecule has 1 N–H and O–H groups in total. The summed E-state index contributed by atoms with van der Waals surface area (Å²) in [5.74, 6) is -2.50. The van der Waals surface area contributed by atoms with E-state index >= 15 is 0 Å². The maximum absolute atomic E-state index is 12.5. The van der Waals surface area contributed by atoms with Crippen LogP contribution in [0.5, 0.6) is 5.75 Å². The average Bonchev–Trinajstić information content (AvgIpc) is 3.02. The third-order valence-corrected chi connectivity index (χ3v) is 4.02. The van der Waals surface area contributed by atoms with Crippen molar-refractivity contribution in [3.05, 3.63) is 60.2 Å². The van der Waals surface area contributed by atoms with E-state index in [9.17, 15) is 14.4 Å². The molecule has 2 aromatic carbocycles. The lowest BCUT2D eigenvalue weighted by atomic mass is 10.1. The largest absolute Gasteiger partial charge is 0.488 e. The molecule has 25 heavy (non-hydrogen) atoms. The third kappa shape index (κ3) is 3.85. The molecular weight excluding hydrogens is 322 g/mol. The molecule has 2 aromatic rings. The number of anilines is 1. The van der Waals surface area contributed by atoms with E-state index in [1.807, 2.05) is 30.3 Å². The number of hydrogen-bond donors (Lipinski definition) is 1. The zero-order valence-corrected chi connectivity index (χ0v) is 13.4. The van der Waals surface area contributed by atoms with Gasteiger partial charge in [0, 0.05) is 12.1 Å². The monoisotopic (exact) mass is 339 g/mol. The van der Waals surface area contributed by atoms with Crippen molar-refractivity contribution in [3.8, 4) is 5.75 Å². The number of carboxylic acids is 1. The van der Waals surface area contributed by atoms with Gasteiger partial charge in [0.2, 0.25) is 11.7 Å². The zero-order chi connectivity index (χ0) is 17.8. The van der Waals surface area contributed by atoms with Crippen LogP contribution in [0.1, 0.15) is 12.0 Å². The van der Waals surface area contributed by atoms with E-state index in [0.717, 1.165) is 11.3 Å². The van der Waals surface area contributed by atoms with Gasteiger partial charge in [0.15, 0.2) is 0 Å². The quantitative estimate of drug-likeness (QED) is 0.643. The number of amides is 1. The number of carbonyl (C=O) groups is 3. The van der Waals surface area contributed by atoms with Crippen LogP contribution in [0.15, 0.2) is 54.6 Å². The molecule has 6 nitrogen and oxygen atoms in total. The van der Waals surface area contributed by atoms with Gasteiger partial charge in [0.25, 0.3) is 0 Å². The summed E-state index contributed by atoms with van der Waals surface area (Å²) in [5, 5.41) is 8.74. The fourth-order valence-electron chi connectivity index (χ4n) is 2.83. The topological polar surface area (TPSA) is 83.9 Å². The van der Waals surface area contributed by atoms with Crippen LogP contribution in [0.3, 0.4) is 0 Å². The average molecular weight is 339 g/mol. The van der Waals surface area contributed by atoms with Gasteiger partial charge < -0.3 is 14.7 Å². The molecule has 0 radical (unpaired) electrons. The molecule has 6 heteroatoms. The lowest BCUT2D eigenvalue weighted by Crippen LogP contribution is -2.40. The molecule has 0 spiro atoms. The van der Waals surface area contributed by atoms with Crippen molar-refractivity contribution in [1.82, 2.24) is 0 Å². The Morgan fingerprint density at radius 2 is 1.72 bits per heavy atom. The van der Waals surface area contributed by atoms with Crippen LogP contribution in [0.2, 0.25) is 0 Å². The Hall–Kier alpha value is -3.15. The SMILES string of the molecule is O=C(O)C(=O)CC(=O)N(CC1Cc2ccccc2O1)c1ccccc1. The van der Waals surface area contributed by atoms with Crippen LogP contribution in [0, 0.1) is 0 Å². The van der Waals surface area contributed by atoms with Crippen LogP contribution in [0.25, 0.3) is 0 Å². The summed E-state index contributed by atoms with van der Waals surface area (Å²) in [6.45, 7) is 0.241. The molecule has 1 amide bonds. The van der Waals surface area contributed by atoms with Crippen LogP contribution in [0.4, 0.5) is 5.69 Å². The highest BCUT2D eigenvalue weighted by Gasteiger charge is 2.29. The molecule has 1 unspecified atom stereocenters. The van der Waals surface area contributed by atoms with Gasteiger partial charge in [-0.15, -0.1) is 0 Å². The minimum atomic E-state index is -1.61. The summed E-state index contributed by atoms with van der Waals surface area (Å²) >= 11 is 0. The van der Waals surface area contributed by atoms with Crippen LogP contribution in [-0.4, -0.2) is 35.4 Å². The molecule has 0 aliphatic carbocycles. The standard InChI is InChI=1S/C19H17NO5/c21-16(19(23)24)11-18(22)20(14-7-2-1-3-8-14)12-15-10-13-6-4-5-9-17(13)25-15/h1-9,15H,10-12H2,(H,23,24). The van der Waals surface area contributed by atoms with Crippen molar-refractivity contribution < 1.29 is 24.2 Å². The first kappa shape index (κ1) is 16.7. The summed E-state index contributed by atoms with van der Waals surface area (Å²) in [4.78, 5) is 36.1. The minimum absolute atomic E-state index is 0.241. The Balaban J connectivity index is 1.77. The van der Waals surface area contributed by atoms with E-state index < -0.39 is 24.1 Å².